The Balaban J connectivity index is 1.56. The maximum atomic E-state index is 12.3. The molecule has 0 aliphatic heterocycles. The highest BCUT2D eigenvalue weighted by Gasteiger charge is 2.21. The van der Waals surface area contributed by atoms with Gasteiger partial charge in [0.2, 0.25) is 0 Å². The SMILES string of the molecule is O=C(OCc1nc2sc3c(c2c(=O)[nH]1)CCC3)c1ccc(Cl)cc1. The zero-order chi connectivity index (χ0) is 16.7. The summed E-state index contributed by atoms with van der Waals surface area (Å²) in [6, 6.07) is 6.43. The molecule has 1 N–H and O–H groups in total. The molecular weight excluding hydrogens is 348 g/mol. The molecule has 1 aliphatic rings. The van der Waals surface area contributed by atoms with E-state index in [1.54, 1.807) is 35.6 Å². The summed E-state index contributed by atoms with van der Waals surface area (Å²) in [6.45, 7) is -0.0742. The van der Waals surface area contributed by atoms with Crippen LogP contribution in [0.2, 0.25) is 5.02 Å². The Morgan fingerprint density at radius 2 is 2.08 bits per heavy atom. The van der Waals surface area contributed by atoms with E-state index in [-0.39, 0.29) is 12.2 Å². The number of nitrogens with zero attached hydrogens (tertiary/aromatic N) is 1. The van der Waals surface area contributed by atoms with Gasteiger partial charge in [-0.2, -0.15) is 0 Å². The topological polar surface area (TPSA) is 72.0 Å². The summed E-state index contributed by atoms with van der Waals surface area (Å²) in [5.74, 6) is -0.127. The van der Waals surface area contributed by atoms with Crippen LogP contribution in [-0.2, 0) is 24.2 Å². The lowest BCUT2D eigenvalue weighted by molar-refractivity contribution is 0.0462. The summed E-state index contributed by atoms with van der Waals surface area (Å²) in [7, 11) is 0. The van der Waals surface area contributed by atoms with E-state index in [0.29, 0.717) is 21.8 Å². The van der Waals surface area contributed by atoms with Crippen LogP contribution in [0.1, 0.15) is 33.0 Å². The lowest BCUT2D eigenvalue weighted by Crippen LogP contribution is -2.14. The molecule has 5 nitrogen and oxygen atoms in total. The highest BCUT2D eigenvalue weighted by Crippen LogP contribution is 2.34. The number of H-pyrrole nitrogens is 1. The van der Waals surface area contributed by atoms with Crippen LogP contribution in [0.25, 0.3) is 10.2 Å². The Bertz CT molecular complexity index is 991. The molecule has 24 heavy (non-hydrogen) atoms. The van der Waals surface area contributed by atoms with Crippen LogP contribution in [0.15, 0.2) is 29.1 Å². The van der Waals surface area contributed by atoms with Gasteiger partial charge in [-0.15, -0.1) is 11.3 Å². The summed E-state index contributed by atoms with van der Waals surface area (Å²) in [5, 5.41) is 1.24. The van der Waals surface area contributed by atoms with E-state index in [0.717, 1.165) is 29.7 Å². The predicted molar refractivity (Wildman–Crippen MR) is 92.8 cm³/mol. The van der Waals surface area contributed by atoms with Gasteiger partial charge < -0.3 is 9.72 Å². The summed E-state index contributed by atoms with van der Waals surface area (Å²) < 4.78 is 5.23. The zero-order valence-electron chi connectivity index (χ0n) is 12.6. The van der Waals surface area contributed by atoms with Gasteiger partial charge in [-0.1, -0.05) is 11.6 Å². The van der Waals surface area contributed by atoms with E-state index < -0.39 is 5.97 Å². The molecule has 0 amide bonds. The van der Waals surface area contributed by atoms with Gasteiger partial charge in [0.25, 0.3) is 5.56 Å². The monoisotopic (exact) mass is 360 g/mol. The minimum absolute atomic E-state index is 0.0742. The van der Waals surface area contributed by atoms with Crippen molar-refractivity contribution in [2.24, 2.45) is 0 Å². The minimum Gasteiger partial charge on any atom is -0.454 e. The first-order chi connectivity index (χ1) is 11.6. The molecule has 3 aromatic rings. The lowest BCUT2D eigenvalue weighted by atomic mass is 10.2. The van der Waals surface area contributed by atoms with Crippen LogP contribution in [0.5, 0.6) is 0 Å². The normalized spacial score (nSPS) is 13.2. The van der Waals surface area contributed by atoms with E-state index in [1.807, 2.05) is 0 Å². The fourth-order valence-corrected chi connectivity index (χ4v) is 4.33. The number of carbonyl (C=O) groups is 1. The summed E-state index contributed by atoms with van der Waals surface area (Å²) in [5.41, 5.74) is 1.38. The van der Waals surface area contributed by atoms with E-state index in [2.05, 4.69) is 9.97 Å². The molecule has 2 aromatic heterocycles. The van der Waals surface area contributed by atoms with Crippen LogP contribution < -0.4 is 5.56 Å². The molecule has 0 spiro atoms. The molecule has 2 heterocycles. The van der Waals surface area contributed by atoms with Crippen molar-refractivity contribution in [3.05, 3.63) is 61.5 Å². The fourth-order valence-electron chi connectivity index (χ4n) is 2.92. The third-order valence-corrected chi connectivity index (χ3v) is 5.48. The molecule has 0 bridgehead atoms. The van der Waals surface area contributed by atoms with Gasteiger partial charge in [0.05, 0.1) is 10.9 Å². The highest BCUT2D eigenvalue weighted by molar-refractivity contribution is 7.18. The van der Waals surface area contributed by atoms with Crippen molar-refractivity contribution in [1.82, 2.24) is 9.97 Å². The largest absolute Gasteiger partial charge is 0.454 e. The van der Waals surface area contributed by atoms with Crippen LogP contribution in [0.4, 0.5) is 0 Å². The van der Waals surface area contributed by atoms with E-state index in [9.17, 15) is 9.59 Å². The van der Waals surface area contributed by atoms with Gasteiger partial charge in [-0.05, 0) is 49.1 Å². The molecule has 1 aliphatic carbocycles. The molecule has 0 unspecified atom stereocenters. The van der Waals surface area contributed by atoms with Crippen molar-refractivity contribution < 1.29 is 9.53 Å². The van der Waals surface area contributed by atoms with Gasteiger partial charge in [0.1, 0.15) is 17.3 Å². The predicted octanol–water partition coefficient (Wildman–Crippen LogP) is 3.48. The lowest BCUT2D eigenvalue weighted by Gasteiger charge is -2.05. The van der Waals surface area contributed by atoms with Gasteiger partial charge >= 0.3 is 5.97 Å². The summed E-state index contributed by atoms with van der Waals surface area (Å²) >= 11 is 7.35. The number of hydrogen-bond acceptors (Lipinski definition) is 5. The molecule has 0 saturated heterocycles. The molecule has 0 saturated carbocycles. The van der Waals surface area contributed by atoms with Gasteiger partial charge in [-0.3, -0.25) is 4.79 Å². The minimum atomic E-state index is -0.483. The average molecular weight is 361 g/mol. The average Bonchev–Trinajstić information content (AvgIpc) is 3.13. The quantitative estimate of drug-likeness (QED) is 0.726. The van der Waals surface area contributed by atoms with Crippen molar-refractivity contribution in [3.63, 3.8) is 0 Å². The number of aryl methyl sites for hydroxylation is 2. The Hall–Kier alpha value is -2.18. The number of carbonyl (C=O) groups excluding carboxylic acids is 1. The number of esters is 1. The molecule has 0 atom stereocenters. The van der Waals surface area contributed by atoms with Crippen LogP contribution in [0.3, 0.4) is 0 Å². The molecule has 4 rings (SSSR count). The Morgan fingerprint density at radius 3 is 2.88 bits per heavy atom. The van der Waals surface area contributed by atoms with E-state index in [4.69, 9.17) is 16.3 Å². The second-order valence-corrected chi connectivity index (χ2v) is 7.15. The molecular formula is C17H13ClN2O3S. The second kappa shape index (κ2) is 6.03. The van der Waals surface area contributed by atoms with Crippen molar-refractivity contribution in [1.29, 1.82) is 0 Å². The Morgan fingerprint density at radius 1 is 1.29 bits per heavy atom. The van der Waals surface area contributed by atoms with Crippen molar-refractivity contribution in [3.8, 4) is 0 Å². The Labute approximate surface area is 146 Å². The first-order valence-electron chi connectivity index (χ1n) is 7.58. The maximum Gasteiger partial charge on any atom is 0.338 e. The van der Waals surface area contributed by atoms with E-state index >= 15 is 0 Å². The Kier molecular flexibility index (Phi) is 3.86. The molecule has 1 aromatic carbocycles. The number of hydrogen-bond donors (Lipinski definition) is 1. The van der Waals surface area contributed by atoms with Crippen LogP contribution in [-0.4, -0.2) is 15.9 Å². The van der Waals surface area contributed by atoms with Gasteiger partial charge in [0, 0.05) is 9.90 Å². The van der Waals surface area contributed by atoms with Gasteiger partial charge in [-0.25, -0.2) is 9.78 Å². The maximum absolute atomic E-state index is 12.3. The number of fused-ring (bicyclic) bond motifs is 3. The second-order valence-electron chi connectivity index (χ2n) is 5.63. The standard InChI is InChI=1S/C17H13ClN2O3S/c18-10-6-4-9(5-7-10)17(22)23-8-13-19-15(21)14-11-2-1-3-12(11)24-16(14)20-13/h4-7H,1-3,8H2,(H,19,20,21). The van der Waals surface area contributed by atoms with Crippen molar-refractivity contribution in [2.45, 2.75) is 25.9 Å². The number of rotatable bonds is 3. The number of ether oxygens (including phenoxy) is 1. The highest BCUT2D eigenvalue weighted by atomic mass is 35.5. The number of thiophene rings is 1. The molecule has 0 fully saturated rings. The number of aromatic amines is 1. The van der Waals surface area contributed by atoms with Crippen molar-refractivity contribution in [2.75, 3.05) is 0 Å². The number of benzene rings is 1. The van der Waals surface area contributed by atoms with Crippen LogP contribution in [0, 0.1) is 0 Å². The third kappa shape index (κ3) is 2.72. The fraction of sp³-hybridized carbons (Fsp3) is 0.235. The molecule has 122 valence electrons. The third-order valence-electron chi connectivity index (χ3n) is 4.04. The van der Waals surface area contributed by atoms with Gasteiger partial charge in [0.15, 0.2) is 0 Å². The zero-order valence-corrected chi connectivity index (χ0v) is 14.2. The molecule has 7 heteroatoms. The van der Waals surface area contributed by atoms with Crippen LogP contribution >= 0.6 is 22.9 Å². The summed E-state index contributed by atoms with van der Waals surface area (Å²) in [4.78, 5) is 33.5. The smallest absolute Gasteiger partial charge is 0.338 e. The molecule has 0 radical (unpaired) electrons. The first-order valence-corrected chi connectivity index (χ1v) is 8.77. The number of nitrogens with one attached hydrogen (secondary N) is 1. The number of halogens is 1. The van der Waals surface area contributed by atoms with E-state index in [1.165, 1.54) is 4.88 Å². The number of aromatic nitrogens is 2. The van der Waals surface area contributed by atoms with Crippen molar-refractivity contribution >= 4 is 39.1 Å². The summed E-state index contributed by atoms with van der Waals surface area (Å²) in [6.07, 6.45) is 3.04. The first kappa shape index (κ1) is 15.4.